The Balaban J connectivity index is 2.09. The molecule has 0 saturated carbocycles. The minimum Gasteiger partial charge on any atom is -0.483 e. The summed E-state index contributed by atoms with van der Waals surface area (Å²) in [6.07, 6.45) is 1.63. The number of benzene rings is 2. The van der Waals surface area contributed by atoms with Gasteiger partial charge in [0.15, 0.2) is 6.61 Å². The number of carbonyl (C=O) groups is 1. The topological polar surface area (TPSA) is 38.3 Å². The molecule has 0 aliphatic heterocycles. The maximum absolute atomic E-state index is 11.5. The van der Waals surface area contributed by atoms with Gasteiger partial charge in [-0.1, -0.05) is 54.6 Å². The van der Waals surface area contributed by atoms with E-state index in [0.29, 0.717) is 12.3 Å². The van der Waals surface area contributed by atoms with Crippen molar-refractivity contribution in [2.45, 2.75) is 0 Å². The second-order valence-corrected chi connectivity index (χ2v) is 4.24. The van der Waals surface area contributed by atoms with E-state index < -0.39 is 0 Å². The molecule has 102 valence electrons. The fourth-order valence-corrected chi connectivity index (χ4v) is 1.83. The second-order valence-electron chi connectivity index (χ2n) is 4.24. The van der Waals surface area contributed by atoms with Crippen LogP contribution in [0.3, 0.4) is 0 Å². The van der Waals surface area contributed by atoms with Crippen LogP contribution in [-0.2, 0) is 4.79 Å². The van der Waals surface area contributed by atoms with Crippen LogP contribution in [0.25, 0.3) is 11.1 Å². The summed E-state index contributed by atoms with van der Waals surface area (Å²) < 4.78 is 5.60. The summed E-state index contributed by atoms with van der Waals surface area (Å²) in [5.41, 5.74) is 2.04. The fourth-order valence-electron chi connectivity index (χ4n) is 1.83. The van der Waals surface area contributed by atoms with Gasteiger partial charge in [0.05, 0.1) is 0 Å². The number of carbonyl (C=O) groups excluding carboxylic acids is 1. The minimum absolute atomic E-state index is 0.00229. The van der Waals surface area contributed by atoms with Crippen LogP contribution in [0.1, 0.15) is 0 Å². The Bertz CT molecular complexity index is 579. The lowest BCUT2D eigenvalue weighted by atomic mass is 10.1. The number of hydrogen-bond acceptors (Lipinski definition) is 2. The molecule has 1 amide bonds. The van der Waals surface area contributed by atoms with E-state index in [-0.39, 0.29) is 12.5 Å². The van der Waals surface area contributed by atoms with Gasteiger partial charge in [0.2, 0.25) is 0 Å². The maximum Gasteiger partial charge on any atom is 0.258 e. The maximum atomic E-state index is 11.5. The number of nitrogens with one attached hydrogen (secondary N) is 1. The van der Waals surface area contributed by atoms with Crippen LogP contribution in [0.2, 0.25) is 0 Å². The van der Waals surface area contributed by atoms with Crippen molar-refractivity contribution < 1.29 is 9.53 Å². The van der Waals surface area contributed by atoms with E-state index in [1.807, 2.05) is 54.6 Å². The lowest BCUT2D eigenvalue weighted by Gasteiger charge is -2.11. The molecule has 2 aromatic carbocycles. The predicted octanol–water partition coefficient (Wildman–Crippen LogP) is 3.03. The molecule has 0 bridgehead atoms. The first kappa shape index (κ1) is 13.9. The molecule has 0 unspecified atom stereocenters. The van der Waals surface area contributed by atoms with Gasteiger partial charge in [-0.05, 0) is 11.6 Å². The molecule has 0 radical (unpaired) electrons. The quantitative estimate of drug-likeness (QED) is 0.817. The molecule has 3 heteroatoms. The van der Waals surface area contributed by atoms with Crippen molar-refractivity contribution in [1.82, 2.24) is 5.32 Å². The summed E-state index contributed by atoms with van der Waals surface area (Å²) in [4.78, 5) is 11.5. The third kappa shape index (κ3) is 3.72. The van der Waals surface area contributed by atoms with Crippen molar-refractivity contribution in [1.29, 1.82) is 0 Å². The average Bonchev–Trinajstić information content (AvgIpc) is 2.52. The van der Waals surface area contributed by atoms with Gasteiger partial charge in [0.25, 0.3) is 5.91 Å². The van der Waals surface area contributed by atoms with Gasteiger partial charge in [-0.3, -0.25) is 4.79 Å². The lowest BCUT2D eigenvalue weighted by Crippen LogP contribution is -2.28. The van der Waals surface area contributed by atoms with Crippen LogP contribution in [0.15, 0.2) is 67.3 Å². The van der Waals surface area contributed by atoms with Crippen LogP contribution in [0.5, 0.6) is 5.75 Å². The van der Waals surface area contributed by atoms with Crippen LogP contribution < -0.4 is 10.1 Å². The average molecular weight is 267 g/mol. The zero-order chi connectivity index (χ0) is 14.2. The van der Waals surface area contributed by atoms with Crippen molar-refractivity contribution in [3.05, 3.63) is 67.3 Å². The Hall–Kier alpha value is -2.55. The Labute approximate surface area is 118 Å². The summed E-state index contributed by atoms with van der Waals surface area (Å²) in [5.74, 6) is 0.542. The SMILES string of the molecule is C=CCNC(=O)COc1ccccc1-c1ccccc1. The van der Waals surface area contributed by atoms with Crippen LogP contribution in [0.4, 0.5) is 0 Å². The number of rotatable bonds is 6. The van der Waals surface area contributed by atoms with E-state index in [2.05, 4.69) is 11.9 Å². The molecular formula is C17H17NO2. The molecule has 1 N–H and O–H groups in total. The van der Waals surface area contributed by atoms with Crippen molar-refractivity contribution in [2.75, 3.05) is 13.2 Å². The number of para-hydroxylation sites is 1. The van der Waals surface area contributed by atoms with Crippen LogP contribution in [-0.4, -0.2) is 19.1 Å². The Morgan fingerprint density at radius 3 is 2.55 bits per heavy atom. The first-order chi connectivity index (χ1) is 9.81. The monoisotopic (exact) mass is 267 g/mol. The van der Waals surface area contributed by atoms with Crippen molar-refractivity contribution in [3.63, 3.8) is 0 Å². The van der Waals surface area contributed by atoms with E-state index >= 15 is 0 Å². The minimum atomic E-state index is -0.159. The molecule has 0 aromatic heterocycles. The smallest absolute Gasteiger partial charge is 0.258 e. The van der Waals surface area contributed by atoms with Gasteiger partial charge in [0.1, 0.15) is 5.75 Å². The normalized spacial score (nSPS) is 9.80. The summed E-state index contributed by atoms with van der Waals surface area (Å²) in [5, 5.41) is 2.68. The predicted molar refractivity (Wildman–Crippen MR) is 80.6 cm³/mol. The molecule has 0 fully saturated rings. The summed E-state index contributed by atoms with van der Waals surface area (Å²) in [7, 11) is 0. The van der Waals surface area contributed by atoms with Crippen LogP contribution in [0, 0.1) is 0 Å². The lowest BCUT2D eigenvalue weighted by molar-refractivity contribution is -0.122. The molecule has 0 heterocycles. The summed E-state index contributed by atoms with van der Waals surface area (Å²) >= 11 is 0. The molecule has 0 aliphatic carbocycles. The highest BCUT2D eigenvalue weighted by molar-refractivity contribution is 5.78. The highest BCUT2D eigenvalue weighted by Crippen LogP contribution is 2.29. The molecule has 2 rings (SSSR count). The van der Waals surface area contributed by atoms with Gasteiger partial charge in [-0.15, -0.1) is 6.58 Å². The molecule has 0 atom stereocenters. The summed E-state index contributed by atoms with van der Waals surface area (Å²) in [6.45, 7) is 3.99. The van der Waals surface area contributed by atoms with E-state index in [0.717, 1.165) is 11.1 Å². The third-order valence-electron chi connectivity index (χ3n) is 2.77. The highest BCUT2D eigenvalue weighted by Gasteiger charge is 2.07. The molecule has 2 aromatic rings. The molecular weight excluding hydrogens is 250 g/mol. The highest BCUT2D eigenvalue weighted by atomic mass is 16.5. The van der Waals surface area contributed by atoms with E-state index in [4.69, 9.17) is 4.74 Å². The number of hydrogen-bond donors (Lipinski definition) is 1. The van der Waals surface area contributed by atoms with Crippen molar-refractivity contribution in [3.8, 4) is 16.9 Å². The molecule has 0 aliphatic rings. The Morgan fingerprint density at radius 2 is 1.80 bits per heavy atom. The van der Waals surface area contributed by atoms with E-state index in [9.17, 15) is 4.79 Å². The van der Waals surface area contributed by atoms with Gasteiger partial charge in [-0.2, -0.15) is 0 Å². The fraction of sp³-hybridized carbons (Fsp3) is 0.118. The number of amides is 1. The Morgan fingerprint density at radius 1 is 1.10 bits per heavy atom. The third-order valence-corrected chi connectivity index (χ3v) is 2.77. The zero-order valence-electron chi connectivity index (χ0n) is 11.2. The van der Waals surface area contributed by atoms with Gasteiger partial charge in [0, 0.05) is 12.1 Å². The molecule has 0 spiro atoms. The Kier molecular flexibility index (Phi) is 4.95. The van der Waals surface area contributed by atoms with Crippen LogP contribution >= 0.6 is 0 Å². The zero-order valence-corrected chi connectivity index (χ0v) is 11.2. The van der Waals surface area contributed by atoms with Crippen molar-refractivity contribution in [2.24, 2.45) is 0 Å². The molecule has 20 heavy (non-hydrogen) atoms. The first-order valence-corrected chi connectivity index (χ1v) is 6.46. The second kappa shape index (κ2) is 7.14. The van der Waals surface area contributed by atoms with Crippen molar-refractivity contribution >= 4 is 5.91 Å². The molecule has 3 nitrogen and oxygen atoms in total. The molecule has 0 saturated heterocycles. The first-order valence-electron chi connectivity index (χ1n) is 6.46. The largest absolute Gasteiger partial charge is 0.483 e. The number of ether oxygens (including phenoxy) is 1. The summed E-state index contributed by atoms with van der Waals surface area (Å²) in [6, 6.07) is 17.6. The van der Waals surface area contributed by atoms with Gasteiger partial charge < -0.3 is 10.1 Å². The van der Waals surface area contributed by atoms with Gasteiger partial charge >= 0.3 is 0 Å². The van der Waals surface area contributed by atoms with E-state index in [1.165, 1.54) is 0 Å². The standard InChI is InChI=1S/C17H17NO2/c1-2-12-18-17(19)13-20-16-11-7-6-10-15(16)14-8-4-3-5-9-14/h2-11H,1,12-13H2,(H,18,19). The van der Waals surface area contributed by atoms with E-state index in [1.54, 1.807) is 6.08 Å². The van der Waals surface area contributed by atoms with Gasteiger partial charge in [-0.25, -0.2) is 0 Å².